The van der Waals surface area contributed by atoms with Crippen molar-refractivity contribution in [2.24, 2.45) is 0 Å². The van der Waals surface area contributed by atoms with E-state index in [1.54, 1.807) is 0 Å². The van der Waals surface area contributed by atoms with Crippen LogP contribution in [0.4, 0.5) is 0 Å². The second-order valence-corrected chi connectivity index (χ2v) is 4.53. The highest BCUT2D eigenvalue weighted by atomic mass is 35.5. The average molecular weight is 302 g/mol. The van der Waals surface area contributed by atoms with Crippen molar-refractivity contribution in [1.82, 2.24) is 5.32 Å². The van der Waals surface area contributed by atoms with Crippen molar-refractivity contribution in [3.05, 3.63) is 46.0 Å². The highest BCUT2D eigenvalue weighted by Gasteiger charge is 2.16. The molecule has 0 aromatic heterocycles. The van der Waals surface area contributed by atoms with Gasteiger partial charge in [0.25, 0.3) is 5.91 Å². The molecule has 1 aromatic rings. The third-order valence-corrected chi connectivity index (χ3v) is 3.16. The van der Waals surface area contributed by atoms with Crippen molar-refractivity contribution < 1.29 is 14.7 Å². The third-order valence-electron chi connectivity index (χ3n) is 2.35. The first kappa shape index (κ1) is 15.5. The van der Waals surface area contributed by atoms with Crippen LogP contribution in [0.15, 0.2) is 40.4 Å². The lowest BCUT2D eigenvalue weighted by molar-refractivity contribution is -0.132. The smallest absolute Gasteiger partial charge is 0.349 e. The summed E-state index contributed by atoms with van der Waals surface area (Å²) in [7, 11) is 0. The lowest BCUT2D eigenvalue weighted by atomic mass is 10.1. The number of nitrogens with one attached hydrogen (secondary N) is 1. The number of carboxylic acids is 1. The van der Waals surface area contributed by atoms with Gasteiger partial charge < -0.3 is 10.4 Å². The fraction of sp³-hybridized carbons (Fsp3) is 0.231. The minimum atomic E-state index is -1.42. The SMILES string of the molecule is O=C(O)C(Cl)=C(Cl)C(=O)NCCCc1ccccc1. The van der Waals surface area contributed by atoms with Gasteiger partial charge in [-0.05, 0) is 18.4 Å². The Labute approximate surface area is 121 Å². The van der Waals surface area contributed by atoms with E-state index < -0.39 is 21.9 Å². The molecule has 0 unspecified atom stereocenters. The Balaban J connectivity index is 2.36. The van der Waals surface area contributed by atoms with Gasteiger partial charge in [0, 0.05) is 6.54 Å². The van der Waals surface area contributed by atoms with E-state index in [4.69, 9.17) is 28.3 Å². The minimum absolute atomic E-state index is 0.397. The lowest BCUT2D eigenvalue weighted by Gasteiger charge is -2.05. The van der Waals surface area contributed by atoms with E-state index in [0.717, 1.165) is 12.8 Å². The van der Waals surface area contributed by atoms with E-state index in [0.29, 0.717) is 6.54 Å². The maximum atomic E-state index is 11.5. The molecule has 0 radical (unpaired) electrons. The lowest BCUT2D eigenvalue weighted by Crippen LogP contribution is -2.25. The van der Waals surface area contributed by atoms with Gasteiger partial charge in [0.1, 0.15) is 10.1 Å². The van der Waals surface area contributed by atoms with Gasteiger partial charge >= 0.3 is 5.97 Å². The normalized spacial score (nSPS) is 11.7. The number of rotatable bonds is 6. The monoisotopic (exact) mass is 301 g/mol. The number of hydrogen-bond acceptors (Lipinski definition) is 2. The standard InChI is InChI=1S/C13H13Cl2NO3/c14-10(11(15)13(18)19)12(17)16-8-4-7-9-5-2-1-3-6-9/h1-3,5-6H,4,7-8H2,(H,16,17)(H,18,19). The number of halogens is 2. The van der Waals surface area contributed by atoms with Gasteiger partial charge in [-0.25, -0.2) is 4.79 Å². The van der Waals surface area contributed by atoms with Crippen molar-refractivity contribution >= 4 is 35.1 Å². The van der Waals surface area contributed by atoms with Crippen LogP contribution in [0.25, 0.3) is 0 Å². The van der Waals surface area contributed by atoms with Crippen molar-refractivity contribution in [2.45, 2.75) is 12.8 Å². The third kappa shape index (κ3) is 5.32. The molecule has 2 N–H and O–H groups in total. The molecule has 0 bridgehead atoms. The van der Waals surface area contributed by atoms with Gasteiger partial charge in [-0.15, -0.1) is 0 Å². The Morgan fingerprint density at radius 1 is 1.11 bits per heavy atom. The summed E-state index contributed by atoms with van der Waals surface area (Å²) >= 11 is 10.9. The quantitative estimate of drug-likeness (QED) is 0.627. The Hall–Kier alpha value is -1.52. The van der Waals surface area contributed by atoms with Crippen molar-refractivity contribution in [2.75, 3.05) is 6.54 Å². The van der Waals surface area contributed by atoms with Crippen molar-refractivity contribution in [3.63, 3.8) is 0 Å². The predicted octanol–water partition coefficient (Wildman–Crippen LogP) is 2.51. The summed E-state index contributed by atoms with van der Waals surface area (Å²) in [4.78, 5) is 22.0. The molecular formula is C13H13Cl2NO3. The number of amides is 1. The molecule has 0 aliphatic carbocycles. The summed E-state index contributed by atoms with van der Waals surface area (Å²) in [6.45, 7) is 0.397. The molecule has 0 aliphatic heterocycles. The molecule has 0 spiro atoms. The van der Waals surface area contributed by atoms with E-state index in [1.165, 1.54) is 5.56 Å². The fourth-order valence-corrected chi connectivity index (χ4v) is 1.64. The van der Waals surface area contributed by atoms with Gasteiger partial charge in [0.2, 0.25) is 0 Å². The molecule has 4 nitrogen and oxygen atoms in total. The molecule has 6 heteroatoms. The zero-order valence-corrected chi connectivity index (χ0v) is 11.5. The first-order valence-corrected chi connectivity index (χ1v) is 6.38. The summed E-state index contributed by atoms with van der Waals surface area (Å²) in [6, 6.07) is 9.82. The van der Waals surface area contributed by atoms with Gasteiger partial charge in [-0.3, -0.25) is 4.79 Å². The topological polar surface area (TPSA) is 66.4 Å². The van der Waals surface area contributed by atoms with Crippen LogP contribution in [0.3, 0.4) is 0 Å². The molecule has 102 valence electrons. The minimum Gasteiger partial charge on any atom is -0.477 e. The number of aliphatic carboxylic acids is 1. The average Bonchev–Trinajstić information content (AvgIpc) is 2.42. The Morgan fingerprint density at radius 2 is 1.74 bits per heavy atom. The predicted molar refractivity (Wildman–Crippen MR) is 74.1 cm³/mol. The van der Waals surface area contributed by atoms with Crippen LogP contribution < -0.4 is 5.32 Å². The number of carbonyl (C=O) groups excluding carboxylic acids is 1. The van der Waals surface area contributed by atoms with E-state index in [2.05, 4.69) is 5.32 Å². The second kappa shape index (κ2) is 7.81. The maximum Gasteiger partial charge on any atom is 0.349 e. The molecule has 1 aromatic carbocycles. The number of carboxylic acid groups (broad SMARTS) is 1. The summed E-state index contributed by atoms with van der Waals surface area (Å²) in [5, 5.41) is 9.90. The molecule has 0 saturated carbocycles. The van der Waals surface area contributed by atoms with Gasteiger partial charge in [0.05, 0.1) is 0 Å². The highest BCUT2D eigenvalue weighted by molar-refractivity contribution is 6.53. The molecule has 1 amide bonds. The van der Waals surface area contributed by atoms with Crippen LogP contribution in [-0.4, -0.2) is 23.5 Å². The zero-order chi connectivity index (χ0) is 14.3. The van der Waals surface area contributed by atoms with Crippen LogP contribution in [0, 0.1) is 0 Å². The molecular weight excluding hydrogens is 289 g/mol. The summed E-state index contributed by atoms with van der Waals surface area (Å²) in [5.41, 5.74) is 1.17. The van der Waals surface area contributed by atoms with Gasteiger partial charge in [0.15, 0.2) is 0 Å². The van der Waals surface area contributed by atoms with Crippen molar-refractivity contribution in [3.8, 4) is 0 Å². The summed E-state index contributed by atoms with van der Waals surface area (Å²) < 4.78 is 0. The Kier molecular flexibility index (Phi) is 6.39. The van der Waals surface area contributed by atoms with E-state index in [-0.39, 0.29) is 0 Å². The van der Waals surface area contributed by atoms with Gasteiger partial charge in [-0.1, -0.05) is 53.5 Å². The summed E-state index contributed by atoms with van der Waals surface area (Å²) in [5.74, 6) is -2.10. The highest BCUT2D eigenvalue weighted by Crippen LogP contribution is 2.14. The molecule has 0 fully saturated rings. The van der Waals surface area contributed by atoms with E-state index in [9.17, 15) is 9.59 Å². The molecule has 1 rings (SSSR count). The number of benzene rings is 1. The van der Waals surface area contributed by atoms with Crippen LogP contribution >= 0.6 is 23.2 Å². The first-order valence-electron chi connectivity index (χ1n) is 5.63. The summed E-state index contributed by atoms with van der Waals surface area (Å²) in [6.07, 6.45) is 1.54. The van der Waals surface area contributed by atoms with Crippen LogP contribution in [0.2, 0.25) is 0 Å². The van der Waals surface area contributed by atoms with Gasteiger partial charge in [-0.2, -0.15) is 0 Å². The molecule has 0 saturated heterocycles. The van der Waals surface area contributed by atoms with Crippen LogP contribution in [0.1, 0.15) is 12.0 Å². The fourth-order valence-electron chi connectivity index (χ4n) is 1.41. The number of aryl methyl sites for hydroxylation is 1. The molecule has 19 heavy (non-hydrogen) atoms. The Morgan fingerprint density at radius 3 is 2.32 bits per heavy atom. The zero-order valence-electron chi connectivity index (χ0n) is 10.0. The maximum absolute atomic E-state index is 11.5. The van der Waals surface area contributed by atoms with Crippen LogP contribution in [0.5, 0.6) is 0 Å². The Bertz CT molecular complexity index is 486. The molecule has 0 aliphatic rings. The number of hydrogen-bond donors (Lipinski definition) is 2. The first-order chi connectivity index (χ1) is 9.02. The second-order valence-electron chi connectivity index (χ2n) is 3.78. The largest absolute Gasteiger partial charge is 0.477 e. The van der Waals surface area contributed by atoms with Crippen molar-refractivity contribution in [1.29, 1.82) is 0 Å². The van der Waals surface area contributed by atoms with Crippen LogP contribution in [-0.2, 0) is 16.0 Å². The van der Waals surface area contributed by atoms with E-state index >= 15 is 0 Å². The molecule has 0 heterocycles. The van der Waals surface area contributed by atoms with E-state index in [1.807, 2.05) is 30.3 Å². The number of carbonyl (C=O) groups is 2. The molecule has 0 atom stereocenters.